The highest BCUT2D eigenvalue weighted by Gasteiger charge is 2.19. The third-order valence-electron chi connectivity index (χ3n) is 4.03. The normalized spacial score (nSPS) is 12.9. The van der Waals surface area contributed by atoms with Crippen LogP contribution >= 0.6 is 0 Å². The summed E-state index contributed by atoms with van der Waals surface area (Å²) in [5.41, 5.74) is 5.67. The molecule has 0 amide bonds. The molecular formula is C18H16N4O. The van der Waals surface area contributed by atoms with Gasteiger partial charge in [-0.1, -0.05) is 0 Å². The quantitative estimate of drug-likeness (QED) is 0.741. The monoisotopic (exact) mass is 304 g/mol. The fraction of sp³-hybridized carbons (Fsp3) is 0.222. The van der Waals surface area contributed by atoms with Crippen molar-refractivity contribution in [2.45, 2.75) is 25.9 Å². The van der Waals surface area contributed by atoms with Gasteiger partial charge >= 0.3 is 0 Å². The lowest BCUT2D eigenvalue weighted by Gasteiger charge is -2.12. The number of aromatic nitrogens is 4. The van der Waals surface area contributed by atoms with Crippen molar-refractivity contribution < 1.29 is 4.74 Å². The van der Waals surface area contributed by atoms with E-state index in [-0.39, 0.29) is 0 Å². The number of hydrogen-bond acceptors (Lipinski definition) is 5. The highest BCUT2D eigenvalue weighted by molar-refractivity contribution is 5.68. The summed E-state index contributed by atoms with van der Waals surface area (Å²) >= 11 is 0. The smallest absolute Gasteiger partial charge is 0.214 e. The molecule has 4 rings (SSSR count). The van der Waals surface area contributed by atoms with Gasteiger partial charge in [0.25, 0.3) is 0 Å². The van der Waals surface area contributed by atoms with E-state index in [0.717, 1.165) is 41.6 Å². The summed E-state index contributed by atoms with van der Waals surface area (Å²) in [5.74, 6) is 0.654. The van der Waals surface area contributed by atoms with E-state index in [1.165, 1.54) is 5.56 Å². The highest BCUT2D eigenvalue weighted by Crippen LogP contribution is 2.33. The molecule has 5 heteroatoms. The minimum Gasteiger partial charge on any atom is -0.473 e. The minimum atomic E-state index is 0.485. The van der Waals surface area contributed by atoms with E-state index >= 15 is 0 Å². The van der Waals surface area contributed by atoms with E-state index in [1.54, 1.807) is 18.7 Å². The van der Waals surface area contributed by atoms with Crippen LogP contribution in [-0.2, 0) is 19.4 Å². The van der Waals surface area contributed by atoms with E-state index in [1.807, 2.05) is 30.6 Å². The highest BCUT2D eigenvalue weighted by atomic mass is 16.5. The molecule has 0 bridgehead atoms. The van der Waals surface area contributed by atoms with Crippen LogP contribution in [-0.4, -0.2) is 19.9 Å². The summed E-state index contributed by atoms with van der Waals surface area (Å²) in [6.45, 7) is 0.485. The molecule has 0 N–H and O–H groups in total. The Morgan fingerprint density at radius 3 is 2.65 bits per heavy atom. The number of ether oxygens (including phenoxy) is 1. The average molecular weight is 304 g/mol. The van der Waals surface area contributed by atoms with Gasteiger partial charge in [0.1, 0.15) is 12.9 Å². The van der Waals surface area contributed by atoms with Crippen LogP contribution in [0, 0.1) is 0 Å². The van der Waals surface area contributed by atoms with Gasteiger partial charge in [-0.3, -0.25) is 4.98 Å². The predicted molar refractivity (Wildman–Crippen MR) is 85.9 cm³/mol. The van der Waals surface area contributed by atoms with Gasteiger partial charge in [-0.25, -0.2) is 15.0 Å². The summed E-state index contributed by atoms with van der Waals surface area (Å²) in [6, 6.07) is 5.89. The van der Waals surface area contributed by atoms with E-state index in [9.17, 15) is 0 Å². The second-order valence-electron chi connectivity index (χ2n) is 5.56. The summed E-state index contributed by atoms with van der Waals surface area (Å²) in [6.07, 6.45) is 12.0. The van der Waals surface area contributed by atoms with Gasteiger partial charge in [-0.2, -0.15) is 0 Å². The number of hydrogen-bond donors (Lipinski definition) is 0. The van der Waals surface area contributed by atoms with Crippen molar-refractivity contribution in [2.75, 3.05) is 0 Å². The third kappa shape index (κ3) is 2.90. The Kier molecular flexibility index (Phi) is 3.68. The van der Waals surface area contributed by atoms with Gasteiger partial charge in [0.15, 0.2) is 0 Å². The average Bonchev–Trinajstić information content (AvgIpc) is 3.09. The van der Waals surface area contributed by atoms with Crippen molar-refractivity contribution in [3.8, 4) is 17.0 Å². The van der Waals surface area contributed by atoms with Crippen LogP contribution in [0.15, 0.2) is 49.3 Å². The number of aryl methyl sites for hydroxylation is 1. The Morgan fingerprint density at radius 1 is 1.00 bits per heavy atom. The van der Waals surface area contributed by atoms with Crippen LogP contribution in [0.2, 0.25) is 0 Å². The van der Waals surface area contributed by atoms with Gasteiger partial charge in [0, 0.05) is 42.1 Å². The zero-order chi connectivity index (χ0) is 15.5. The van der Waals surface area contributed by atoms with Gasteiger partial charge in [-0.15, -0.1) is 0 Å². The Bertz CT molecular complexity index is 806. The molecule has 0 unspecified atom stereocenters. The van der Waals surface area contributed by atoms with E-state index < -0.39 is 0 Å². The molecule has 114 valence electrons. The van der Waals surface area contributed by atoms with Crippen molar-refractivity contribution in [1.82, 2.24) is 19.9 Å². The number of rotatable bonds is 4. The maximum absolute atomic E-state index is 5.90. The molecule has 0 saturated carbocycles. The number of fused-ring (bicyclic) bond motifs is 1. The molecule has 23 heavy (non-hydrogen) atoms. The fourth-order valence-electron chi connectivity index (χ4n) is 2.92. The lowest BCUT2D eigenvalue weighted by Crippen LogP contribution is -2.01. The number of pyridine rings is 2. The summed E-state index contributed by atoms with van der Waals surface area (Å²) < 4.78 is 5.90. The molecule has 0 spiro atoms. The molecule has 1 aliphatic rings. The van der Waals surface area contributed by atoms with Crippen LogP contribution in [0.3, 0.4) is 0 Å². The van der Waals surface area contributed by atoms with Crippen LogP contribution in [0.25, 0.3) is 11.1 Å². The standard InChI is InChI=1S/C18H16N4O/c1-2-15-16(14-9-20-12-21-10-14)8-18(22-17(15)3-1)23-11-13-4-6-19-7-5-13/h4-10,12H,1-3,11H2. The first-order valence-corrected chi connectivity index (χ1v) is 7.70. The van der Waals surface area contributed by atoms with Gasteiger partial charge < -0.3 is 4.74 Å². The number of nitrogens with zero attached hydrogens (tertiary/aromatic N) is 4. The largest absolute Gasteiger partial charge is 0.473 e. The molecule has 0 radical (unpaired) electrons. The Labute approximate surface area is 134 Å². The lowest BCUT2D eigenvalue weighted by atomic mass is 10.0. The summed E-state index contributed by atoms with van der Waals surface area (Å²) in [4.78, 5) is 17.0. The minimum absolute atomic E-state index is 0.485. The first kappa shape index (κ1) is 13.8. The molecule has 1 aliphatic carbocycles. The van der Waals surface area contributed by atoms with E-state index in [2.05, 4.69) is 19.9 Å². The zero-order valence-corrected chi connectivity index (χ0v) is 12.6. The fourth-order valence-corrected chi connectivity index (χ4v) is 2.92. The van der Waals surface area contributed by atoms with Crippen molar-refractivity contribution in [3.63, 3.8) is 0 Å². The molecule has 0 aromatic carbocycles. The molecular weight excluding hydrogens is 288 g/mol. The molecule has 5 nitrogen and oxygen atoms in total. The predicted octanol–water partition coefficient (Wildman–Crippen LogP) is 3.00. The second kappa shape index (κ2) is 6.12. The molecule has 3 heterocycles. The molecule has 0 atom stereocenters. The second-order valence-corrected chi connectivity index (χ2v) is 5.56. The van der Waals surface area contributed by atoms with Gasteiger partial charge in [0.05, 0.1) is 0 Å². The first-order valence-electron chi connectivity index (χ1n) is 7.70. The summed E-state index contributed by atoms with van der Waals surface area (Å²) in [7, 11) is 0. The van der Waals surface area contributed by atoms with Crippen molar-refractivity contribution in [2.24, 2.45) is 0 Å². The van der Waals surface area contributed by atoms with Crippen molar-refractivity contribution in [3.05, 3.63) is 66.1 Å². The van der Waals surface area contributed by atoms with Gasteiger partial charge in [0.2, 0.25) is 5.88 Å². The molecule has 3 aromatic heterocycles. The molecule has 3 aromatic rings. The molecule has 0 fully saturated rings. The zero-order valence-electron chi connectivity index (χ0n) is 12.6. The molecule has 0 saturated heterocycles. The Hall–Kier alpha value is -2.82. The lowest BCUT2D eigenvalue weighted by molar-refractivity contribution is 0.293. The van der Waals surface area contributed by atoms with Crippen molar-refractivity contribution >= 4 is 0 Å². The topological polar surface area (TPSA) is 60.8 Å². The summed E-state index contributed by atoms with van der Waals surface area (Å²) in [5, 5.41) is 0. The van der Waals surface area contributed by atoms with Crippen LogP contribution < -0.4 is 4.74 Å². The van der Waals surface area contributed by atoms with Crippen LogP contribution in [0.4, 0.5) is 0 Å². The van der Waals surface area contributed by atoms with Gasteiger partial charge in [-0.05, 0) is 48.1 Å². The Morgan fingerprint density at radius 2 is 1.83 bits per heavy atom. The maximum atomic E-state index is 5.90. The van der Waals surface area contributed by atoms with E-state index in [0.29, 0.717) is 12.5 Å². The maximum Gasteiger partial charge on any atom is 0.214 e. The van der Waals surface area contributed by atoms with Crippen LogP contribution in [0.1, 0.15) is 23.2 Å². The SMILES string of the molecule is c1cc(COc2cc(-c3cncnc3)c3c(n2)CCC3)ccn1. The Balaban J connectivity index is 1.66. The first-order chi connectivity index (χ1) is 11.4. The third-order valence-corrected chi connectivity index (χ3v) is 4.03. The molecule has 0 aliphatic heterocycles. The van der Waals surface area contributed by atoms with Crippen LogP contribution in [0.5, 0.6) is 5.88 Å². The van der Waals surface area contributed by atoms with E-state index in [4.69, 9.17) is 4.74 Å². The van der Waals surface area contributed by atoms with Crippen molar-refractivity contribution in [1.29, 1.82) is 0 Å².